The topological polar surface area (TPSA) is 34.9 Å². The van der Waals surface area contributed by atoms with Crippen LogP contribution in [0.4, 0.5) is 0 Å². The minimum Gasteiger partial charge on any atom is -0.268 e. The van der Waals surface area contributed by atoms with Crippen LogP contribution in [0.15, 0.2) is 29.2 Å². The fraction of sp³-hybridized carbons (Fsp3) is 0.333. The number of aromatic nitrogens is 2. The highest BCUT2D eigenvalue weighted by atomic mass is 16.1. The van der Waals surface area contributed by atoms with Gasteiger partial charge in [0, 0.05) is 6.07 Å². The quantitative estimate of drug-likeness (QED) is 0.614. The lowest BCUT2D eigenvalue weighted by Gasteiger charge is -2.02. The maximum atomic E-state index is 11.2. The standard InChI is InChI=1S/C9H12N2O/c1-7(2)6-11-9(12)4-8(3)5-10-11/h4-5H,1,6H2,2-3H3. The minimum absolute atomic E-state index is 0.0713. The maximum absolute atomic E-state index is 11.2. The zero-order chi connectivity index (χ0) is 9.14. The number of aryl methyl sites for hydroxylation is 1. The molecule has 1 aromatic heterocycles. The Balaban J connectivity index is 3.02. The molecule has 0 aliphatic carbocycles. The summed E-state index contributed by atoms with van der Waals surface area (Å²) in [5.41, 5.74) is 1.74. The van der Waals surface area contributed by atoms with Crippen LogP contribution in [-0.2, 0) is 6.54 Å². The summed E-state index contributed by atoms with van der Waals surface area (Å²) in [6, 6.07) is 1.57. The van der Waals surface area contributed by atoms with Crippen molar-refractivity contribution in [2.24, 2.45) is 0 Å². The van der Waals surface area contributed by atoms with Crippen LogP contribution in [0.2, 0.25) is 0 Å². The van der Waals surface area contributed by atoms with Crippen molar-refractivity contribution in [3.8, 4) is 0 Å². The summed E-state index contributed by atoms with van der Waals surface area (Å²) in [6.45, 7) is 7.93. The lowest BCUT2D eigenvalue weighted by Crippen LogP contribution is -2.22. The first-order valence-corrected chi connectivity index (χ1v) is 3.78. The van der Waals surface area contributed by atoms with Gasteiger partial charge in [0.25, 0.3) is 5.56 Å². The van der Waals surface area contributed by atoms with Gasteiger partial charge in [-0.15, -0.1) is 0 Å². The van der Waals surface area contributed by atoms with Crippen molar-refractivity contribution in [1.82, 2.24) is 9.78 Å². The van der Waals surface area contributed by atoms with Gasteiger partial charge in [-0.2, -0.15) is 5.10 Å². The smallest absolute Gasteiger partial charge is 0.267 e. The van der Waals surface area contributed by atoms with Gasteiger partial charge >= 0.3 is 0 Å². The van der Waals surface area contributed by atoms with E-state index in [1.54, 1.807) is 12.3 Å². The van der Waals surface area contributed by atoms with E-state index >= 15 is 0 Å². The van der Waals surface area contributed by atoms with Crippen LogP contribution in [0.5, 0.6) is 0 Å². The van der Waals surface area contributed by atoms with E-state index in [0.29, 0.717) is 6.54 Å². The zero-order valence-electron chi connectivity index (χ0n) is 7.37. The second kappa shape index (κ2) is 3.34. The average molecular weight is 164 g/mol. The van der Waals surface area contributed by atoms with Gasteiger partial charge in [-0.3, -0.25) is 4.79 Å². The molecule has 0 fully saturated rings. The van der Waals surface area contributed by atoms with Crippen molar-refractivity contribution in [2.75, 3.05) is 0 Å². The molecule has 0 aliphatic rings. The Morgan fingerprint density at radius 1 is 1.75 bits per heavy atom. The summed E-state index contributed by atoms with van der Waals surface area (Å²) >= 11 is 0. The maximum Gasteiger partial charge on any atom is 0.267 e. The number of hydrogen-bond donors (Lipinski definition) is 0. The normalized spacial score (nSPS) is 9.83. The molecule has 0 amide bonds. The summed E-state index contributed by atoms with van der Waals surface area (Å²) in [5.74, 6) is 0. The molecule has 1 heterocycles. The Morgan fingerprint density at radius 3 is 2.92 bits per heavy atom. The number of nitrogens with zero attached hydrogens (tertiary/aromatic N) is 2. The number of rotatable bonds is 2. The Hall–Kier alpha value is -1.38. The van der Waals surface area contributed by atoms with Crippen LogP contribution in [0.25, 0.3) is 0 Å². The molecule has 64 valence electrons. The molecule has 0 aromatic carbocycles. The summed E-state index contributed by atoms with van der Waals surface area (Å²) in [6.07, 6.45) is 1.67. The first-order valence-electron chi connectivity index (χ1n) is 3.78. The third-order valence-electron chi connectivity index (χ3n) is 1.43. The van der Waals surface area contributed by atoms with E-state index in [4.69, 9.17) is 0 Å². The Morgan fingerprint density at radius 2 is 2.42 bits per heavy atom. The molecule has 1 rings (SSSR count). The van der Waals surface area contributed by atoms with E-state index in [2.05, 4.69) is 11.7 Å². The van der Waals surface area contributed by atoms with Gasteiger partial charge in [-0.1, -0.05) is 12.2 Å². The highest BCUT2D eigenvalue weighted by Gasteiger charge is 1.96. The monoisotopic (exact) mass is 164 g/mol. The molecule has 0 spiro atoms. The van der Waals surface area contributed by atoms with Crippen LogP contribution in [0, 0.1) is 6.92 Å². The van der Waals surface area contributed by atoms with E-state index in [1.165, 1.54) is 4.68 Å². The summed E-state index contributed by atoms with van der Waals surface area (Å²) in [4.78, 5) is 11.2. The molecule has 12 heavy (non-hydrogen) atoms. The molecule has 0 bridgehead atoms. The molecule has 0 saturated heterocycles. The van der Waals surface area contributed by atoms with E-state index in [0.717, 1.165) is 11.1 Å². The van der Waals surface area contributed by atoms with E-state index in [9.17, 15) is 4.79 Å². The molecule has 0 aliphatic heterocycles. The van der Waals surface area contributed by atoms with Crippen molar-refractivity contribution < 1.29 is 0 Å². The van der Waals surface area contributed by atoms with Crippen LogP contribution in [0.3, 0.4) is 0 Å². The zero-order valence-corrected chi connectivity index (χ0v) is 7.37. The van der Waals surface area contributed by atoms with Gasteiger partial charge in [-0.05, 0) is 19.4 Å². The first-order chi connectivity index (χ1) is 5.59. The van der Waals surface area contributed by atoms with E-state index < -0.39 is 0 Å². The molecule has 0 saturated carbocycles. The summed E-state index contributed by atoms with van der Waals surface area (Å²) in [5, 5.41) is 3.96. The van der Waals surface area contributed by atoms with Gasteiger partial charge in [0.05, 0.1) is 12.7 Å². The largest absolute Gasteiger partial charge is 0.268 e. The van der Waals surface area contributed by atoms with Crippen molar-refractivity contribution in [2.45, 2.75) is 20.4 Å². The third-order valence-corrected chi connectivity index (χ3v) is 1.43. The lowest BCUT2D eigenvalue weighted by atomic mass is 10.3. The van der Waals surface area contributed by atoms with Crippen LogP contribution < -0.4 is 5.56 Å². The molecule has 0 unspecified atom stereocenters. The molecular formula is C9H12N2O. The van der Waals surface area contributed by atoms with E-state index in [-0.39, 0.29) is 5.56 Å². The molecular weight excluding hydrogens is 152 g/mol. The second-order valence-electron chi connectivity index (χ2n) is 2.99. The fourth-order valence-corrected chi connectivity index (χ4v) is 0.899. The van der Waals surface area contributed by atoms with Crippen LogP contribution >= 0.6 is 0 Å². The molecule has 0 N–H and O–H groups in total. The Labute approximate surface area is 71.3 Å². The van der Waals surface area contributed by atoms with Crippen molar-refractivity contribution in [3.05, 3.63) is 40.3 Å². The van der Waals surface area contributed by atoms with Gasteiger partial charge in [0.15, 0.2) is 0 Å². The number of hydrogen-bond acceptors (Lipinski definition) is 2. The summed E-state index contributed by atoms with van der Waals surface area (Å²) < 4.78 is 1.40. The van der Waals surface area contributed by atoms with Crippen LogP contribution in [-0.4, -0.2) is 9.78 Å². The Kier molecular flexibility index (Phi) is 2.43. The van der Waals surface area contributed by atoms with Gasteiger partial charge in [0.2, 0.25) is 0 Å². The predicted octanol–water partition coefficient (Wildman–Crippen LogP) is 1.13. The van der Waals surface area contributed by atoms with E-state index in [1.807, 2.05) is 13.8 Å². The predicted molar refractivity (Wildman–Crippen MR) is 48.0 cm³/mol. The highest BCUT2D eigenvalue weighted by molar-refractivity contribution is 5.03. The first kappa shape index (κ1) is 8.71. The third kappa shape index (κ3) is 2.05. The van der Waals surface area contributed by atoms with Gasteiger partial charge in [0.1, 0.15) is 0 Å². The minimum atomic E-state index is -0.0713. The molecule has 3 heteroatoms. The van der Waals surface area contributed by atoms with Crippen molar-refractivity contribution in [3.63, 3.8) is 0 Å². The second-order valence-corrected chi connectivity index (χ2v) is 2.99. The van der Waals surface area contributed by atoms with Gasteiger partial charge in [-0.25, -0.2) is 4.68 Å². The molecule has 0 atom stereocenters. The average Bonchev–Trinajstić information content (AvgIpc) is 1.94. The fourth-order valence-electron chi connectivity index (χ4n) is 0.899. The SMILES string of the molecule is C=C(C)Cn1ncc(C)cc1=O. The lowest BCUT2D eigenvalue weighted by molar-refractivity contribution is 0.629. The molecule has 1 aromatic rings. The van der Waals surface area contributed by atoms with Crippen molar-refractivity contribution >= 4 is 0 Å². The van der Waals surface area contributed by atoms with Crippen LogP contribution in [0.1, 0.15) is 12.5 Å². The summed E-state index contributed by atoms with van der Waals surface area (Å²) in [7, 11) is 0. The molecule has 0 radical (unpaired) electrons. The highest BCUT2D eigenvalue weighted by Crippen LogP contribution is 1.91. The van der Waals surface area contributed by atoms with Gasteiger partial charge < -0.3 is 0 Å². The van der Waals surface area contributed by atoms with Crippen molar-refractivity contribution in [1.29, 1.82) is 0 Å². The Bertz CT molecular complexity index is 352. The number of allylic oxidation sites excluding steroid dienone is 1. The molecule has 3 nitrogen and oxygen atoms in total.